The lowest BCUT2D eigenvalue weighted by atomic mass is 9.93. The normalized spacial score (nSPS) is 15.7. The lowest BCUT2D eigenvalue weighted by Gasteiger charge is -2.31. The number of pyridine rings is 1. The lowest BCUT2D eigenvalue weighted by Crippen LogP contribution is -2.37. The molecule has 1 amide bonds. The Morgan fingerprint density at radius 1 is 1.29 bits per heavy atom. The number of rotatable bonds is 5. The molecule has 1 aliphatic heterocycles. The van der Waals surface area contributed by atoms with Crippen LogP contribution in [-0.2, 0) is 11.2 Å². The highest BCUT2D eigenvalue weighted by molar-refractivity contribution is 5.91. The number of hydrogen-bond donors (Lipinski definition) is 1. The summed E-state index contributed by atoms with van der Waals surface area (Å²) in [4.78, 5) is 18.1. The molecule has 1 aromatic carbocycles. The number of anilines is 1. The van der Waals surface area contributed by atoms with E-state index in [2.05, 4.69) is 36.5 Å². The fourth-order valence-corrected chi connectivity index (χ4v) is 3.51. The van der Waals surface area contributed by atoms with Gasteiger partial charge in [-0.25, -0.2) is 0 Å². The first-order valence-electron chi connectivity index (χ1n) is 9.05. The van der Waals surface area contributed by atoms with Crippen molar-refractivity contribution in [2.24, 2.45) is 5.92 Å². The first-order valence-corrected chi connectivity index (χ1v) is 9.05. The van der Waals surface area contributed by atoms with Crippen LogP contribution in [-0.4, -0.2) is 35.4 Å². The molecule has 2 aromatic rings. The number of para-hydroxylation sites is 1. The van der Waals surface area contributed by atoms with Crippen LogP contribution in [0.4, 0.5) is 5.69 Å². The average Bonchev–Trinajstić information content (AvgIpc) is 2.62. The zero-order valence-electron chi connectivity index (χ0n) is 14.7. The minimum absolute atomic E-state index is 0.210. The highest BCUT2D eigenvalue weighted by atomic mass is 16.2. The fraction of sp³-hybridized carbons (Fsp3) is 0.500. The Kier molecular flexibility index (Phi) is 5.34. The molecular weight excluding hydrogens is 298 g/mol. The van der Waals surface area contributed by atoms with Crippen molar-refractivity contribution in [2.45, 2.75) is 39.5 Å². The van der Waals surface area contributed by atoms with E-state index in [1.54, 1.807) is 6.92 Å². The Bertz CT molecular complexity index is 705. The number of fused-ring (bicyclic) bond motifs is 1. The molecule has 4 nitrogen and oxygen atoms in total. The van der Waals surface area contributed by atoms with Gasteiger partial charge in [-0.1, -0.05) is 25.1 Å². The molecule has 4 heteroatoms. The molecule has 1 aromatic heterocycles. The van der Waals surface area contributed by atoms with E-state index in [4.69, 9.17) is 4.98 Å². The summed E-state index contributed by atoms with van der Waals surface area (Å²) >= 11 is 0. The van der Waals surface area contributed by atoms with E-state index in [-0.39, 0.29) is 5.91 Å². The number of amides is 1. The van der Waals surface area contributed by atoms with Crippen LogP contribution >= 0.6 is 0 Å². The largest absolute Gasteiger partial charge is 0.384 e. The maximum Gasteiger partial charge on any atom is 0.219 e. The van der Waals surface area contributed by atoms with Crippen molar-refractivity contribution < 1.29 is 4.79 Å². The zero-order chi connectivity index (χ0) is 16.9. The molecule has 1 saturated heterocycles. The van der Waals surface area contributed by atoms with Gasteiger partial charge in [-0.2, -0.15) is 0 Å². The molecule has 0 unspecified atom stereocenters. The summed E-state index contributed by atoms with van der Waals surface area (Å²) < 4.78 is 0. The summed E-state index contributed by atoms with van der Waals surface area (Å²) in [7, 11) is 0. The fourth-order valence-electron chi connectivity index (χ4n) is 3.51. The van der Waals surface area contributed by atoms with Gasteiger partial charge in [-0.05, 0) is 43.7 Å². The number of nitrogens with zero attached hydrogens (tertiary/aromatic N) is 2. The van der Waals surface area contributed by atoms with Crippen LogP contribution in [0.15, 0.2) is 30.3 Å². The van der Waals surface area contributed by atoms with Crippen LogP contribution in [0.25, 0.3) is 10.9 Å². The third-order valence-corrected chi connectivity index (χ3v) is 5.06. The number of piperidine rings is 1. The maximum absolute atomic E-state index is 11.4. The first-order chi connectivity index (χ1) is 11.7. The van der Waals surface area contributed by atoms with Crippen LogP contribution in [0.5, 0.6) is 0 Å². The van der Waals surface area contributed by atoms with Gasteiger partial charge in [0.15, 0.2) is 0 Å². The van der Waals surface area contributed by atoms with Gasteiger partial charge in [0, 0.05) is 43.3 Å². The topological polar surface area (TPSA) is 45.2 Å². The molecular formula is C20H27N3O. The number of carbonyl (C=O) groups excluding carboxylic acids is 1. The Morgan fingerprint density at radius 3 is 2.75 bits per heavy atom. The van der Waals surface area contributed by atoms with Crippen molar-refractivity contribution in [1.82, 2.24) is 9.88 Å². The van der Waals surface area contributed by atoms with Gasteiger partial charge in [0.2, 0.25) is 5.91 Å². The molecule has 128 valence electrons. The lowest BCUT2D eigenvalue weighted by molar-refractivity contribution is -0.130. The number of aryl methyl sites for hydroxylation is 1. The van der Waals surface area contributed by atoms with E-state index >= 15 is 0 Å². The zero-order valence-corrected chi connectivity index (χ0v) is 14.7. The van der Waals surface area contributed by atoms with E-state index in [9.17, 15) is 4.79 Å². The Balaban J connectivity index is 1.59. The molecule has 1 fully saturated rings. The minimum atomic E-state index is 0.210. The van der Waals surface area contributed by atoms with Crippen molar-refractivity contribution in [2.75, 3.05) is 25.0 Å². The molecule has 0 saturated carbocycles. The van der Waals surface area contributed by atoms with Crippen molar-refractivity contribution in [3.63, 3.8) is 0 Å². The molecule has 3 rings (SSSR count). The second kappa shape index (κ2) is 7.65. The first kappa shape index (κ1) is 16.7. The molecule has 0 atom stereocenters. The van der Waals surface area contributed by atoms with Gasteiger partial charge in [0.25, 0.3) is 0 Å². The van der Waals surface area contributed by atoms with E-state index in [1.807, 2.05) is 11.0 Å². The van der Waals surface area contributed by atoms with Crippen molar-refractivity contribution >= 4 is 22.5 Å². The predicted octanol–water partition coefficient (Wildman–Crippen LogP) is 3.86. The van der Waals surface area contributed by atoms with Crippen molar-refractivity contribution in [3.05, 3.63) is 36.0 Å². The summed E-state index contributed by atoms with van der Waals surface area (Å²) in [6, 6.07) is 10.5. The highest BCUT2D eigenvalue weighted by Gasteiger charge is 2.20. The van der Waals surface area contributed by atoms with Gasteiger partial charge in [0.1, 0.15) is 0 Å². The number of hydrogen-bond acceptors (Lipinski definition) is 3. The SMILES string of the molecule is CCc1cc(NCCC2CCN(C(C)=O)CC2)c2ccccc2n1. The van der Waals surface area contributed by atoms with Gasteiger partial charge >= 0.3 is 0 Å². The standard InChI is InChI=1S/C20H27N3O/c1-3-17-14-20(18-6-4-5-7-19(18)22-17)21-11-8-16-9-12-23(13-10-16)15(2)24/h4-7,14,16H,3,8-13H2,1-2H3,(H,21,22). The number of likely N-dealkylation sites (tertiary alicyclic amines) is 1. The second-order valence-corrected chi connectivity index (χ2v) is 6.70. The molecule has 0 spiro atoms. The van der Waals surface area contributed by atoms with Crippen molar-refractivity contribution in [1.29, 1.82) is 0 Å². The Labute approximate surface area is 144 Å². The highest BCUT2D eigenvalue weighted by Crippen LogP contribution is 2.25. The smallest absolute Gasteiger partial charge is 0.219 e. The number of aromatic nitrogens is 1. The van der Waals surface area contributed by atoms with E-state index < -0.39 is 0 Å². The molecule has 0 aliphatic carbocycles. The number of benzene rings is 1. The monoisotopic (exact) mass is 325 g/mol. The summed E-state index contributed by atoms with van der Waals surface area (Å²) in [6.07, 6.45) is 4.35. The van der Waals surface area contributed by atoms with Crippen molar-refractivity contribution in [3.8, 4) is 0 Å². The Morgan fingerprint density at radius 2 is 2.04 bits per heavy atom. The summed E-state index contributed by atoms with van der Waals surface area (Å²) in [5.41, 5.74) is 3.39. The van der Waals surface area contributed by atoms with Gasteiger partial charge < -0.3 is 10.2 Å². The predicted molar refractivity (Wildman–Crippen MR) is 99.2 cm³/mol. The summed E-state index contributed by atoms with van der Waals surface area (Å²) in [5, 5.41) is 4.82. The van der Waals surface area contributed by atoms with E-state index in [1.165, 1.54) is 11.1 Å². The summed E-state index contributed by atoms with van der Waals surface area (Å²) in [6.45, 7) is 6.61. The third-order valence-electron chi connectivity index (χ3n) is 5.06. The van der Waals surface area contributed by atoms with E-state index in [0.717, 1.165) is 56.5 Å². The van der Waals surface area contributed by atoms with Crippen LogP contribution in [0, 0.1) is 5.92 Å². The molecule has 1 N–H and O–H groups in total. The molecule has 1 aliphatic rings. The van der Waals surface area contributed by atoms with Gasteiger partial charge in [-0.15, -0.1) is 0 Å². The third kappa shape index (κ3) is 3.86. The summed E-state index contributed by atoms with van der Waals surface area (Å²) in [5.74, 6) is 0.925. The van der Waals surface area contributed by atoms with Crippen LogP contribution < -0.4 is 5.32 Å². The molecule has 24 heavy (non-hydrogen) atoms. The quantitative estimate of drug-likeness (QED) is 0.908. The van der Waals surface area contributed by atoms with Crippen LogP contribution in [0.1, 0.15) is 38.8 Å². The van der Waals surface area contributed by atoms with Gasteiger partial charge in [-0.3, -0.25) is 9.78 Å². The van der Waals surface area contributed by atoms with Crippen LogP contribution in [0.3, 0.4) is 0 Å². The number of nitrogens with one attached hydrogen (secondary N) is 1. The van der Waals surface area contributed by atoms with Crippen LogP contribution in [0.2, 0.25) is 0 Å². The Hall–Kier alpha value is -2.10. The number of carbonyl (C=O) groups is 1. The minimum Gasteiger partial charge on any atom is -0.384 e. The molecule has 0 bridgehead atoms. The average molecular weight is 325 g/mol. The second-order valence-electron chi connectivity index (χ2n) is 6.70. The molecule has 0 radical (unpaired) electrons. The molecule has 2 heterocycles. The van der Waals surface area contributed by atoms with Gasteiger partial charge in [0.05, 0.1) is 5.52 Å². The maximum atomic E-state index is 11.4. The van der Waals surface area contributed by atoms with E-state index in [0.29, 0.717) is 5.92 Å².